The van der Waals surface area contributed by atoms with Gasteiger partial charge in [0.1, 0.15) is 5.75 Å². The van der Waals surface area contributed by atoms with E-state index in [1.807, 2.05) is 13.0 Å². The molecule has 0 radical (unpaired) electrons. The van der Waals surface area contributed by atoms with E-state index in [9.17, 15) is 4.79 Å². The van der Waals surface area contributed by atoms with Gasteiger partial charge >= 0.3 is 0 Å². The highest BCUT2D eigenvalue weighted by Gasteiger charge is 2.05. The fourth-order valence-corrected chi connectivity index (χ4v) is 1.95. The second kappa shape index (κ2) is 7.47. The van der Waals surface area contributed by atoms with Crippen molar-refractivity contribution in [2.75, 3.05) is 11.9 Å². The van der Waals surface area contributed by atoms with Crippen LogP contribution < -0.4 is 10.1 Å². The van der Waals surface area contributed by atoms with Gasteiger partial charge in [-0.25, -0.2) is 0 Å². The largest absolute Gasteiger partial charge is 0.484 e. The van der Waals surface area contributed by atoms with E-state index in [1.54, 1.807) is 36.4 Å². The van der Waals surface area contributed by atoms with Crippen molar-refractivity contribution in [3.63, 3.8) is 0 Å². The lowest BCUT2D eigenvalue weighted by atomic mass is 10.2. The lowest BCUT2D eigenvalue weighted by molar-refractivity contribution is -0.118. The van der Waals surface area contributed by atoms with Crippen LogP contribution in [0.15, 0.2) is 47.6 Å². The first-order valence-electron chi connectivity index (χ1n) is 6.55. The number of carbonyl (C=O) groups is 1. The van der Waals surface area contributed by atoms with Crippen molar-refractivity contribution < 1.29 is 14.7 Å². The Bertz CT molecular complexity index is 702. The summed E-state index contributed by atoms with van der Waals surface area (Å²) in [4.78, 5) is 11.8. The van der Waals surface area contributed by atoms with Gasteiger partial charge in [-0.05, 0) is 42.3 Å². The number of oxime groups is 1. The molecule has 1 amide bonds. The van der Waals surface area contributed by atoms with Crippen molar-refractivity contribution in [1.82, 2.24) is 0 Å². The predicted molar refractivity (Wildman–Crippen MR) is 86.1 cm³/mol. The van der Waals surface area contributed by atoms with Crippen LogP contribution in [-0.4, -0.2) is 23.9 Å². The number of hydrogen-bond acceptors (Lipinski definition) is 4. The first-order valence-corrected chi connectivity index (χ1v) is 6.92. The quantitative estimate of drug-likeness (QED) is 0.504. The summed E-state index contributed by atoms with van der Waals surface area (Å²) >= 11 is 6.00. The van der Waals surface area contributed by atoms with E-state index < -0.39 is 0 Å². The molecule has 22 heavy (non-hydrogen) atoms. The van der Waals surface area contributed by atoms with Crippen molar-refractivity contribution in [2.45, 2.75) is 6.92 Å². The van der Waals surface area contributed by atoms with Gasteiger partial charge in [-0.2, -0.15) is 0 Å². The molecule has 0 atom stereocenters. The summed E-state index contributed by atoms with van der Waals surface area (Å²) in [5, 5.41) is 14.7. The molecule has 6 heteroatoms. The summed E-state index contributed by atoms with van der Waals surface area (Å²) in [7, 11) is 0. The molecule has 5 nitrogen and oxygen atoms in total. The molecule has 114 valence electrons. The van der Waals surface area contributed by atoms with Crippen LogP contribution in [0.3, 0.4) is 0 Å². The van der Waals surface area contributed by atoms with Gasteiger partial charge in [0.2, 0.25) is 0 Å². The number of hydrogen-bond donors (Lipinski definition) is 2. The van der Waals surface area contributed by atoms with Crippen LogP contribution in [0.1, 0.15) is 11.1 Å². The maximum Gasteiger partial charge on any atom is 0.262 e. The van der Waals surface area contributed by atoms with Crippen LogP contribution in [0.5, 0.6) is 5.75 Å². The molecular weight excluding hydrogens is 304 g/mol. The third-order valence-corrected chi connectivity index (χ3v) is 3.30. The molecule has 0 spiro atoms. The van der Waals surface area contributed by atoms with Gasteiger partial charge in [-0.3, -0.25) is 4.79 Å². The minimum Gasteiger partial charge on any atom is -0.484 e. The van der Waals surface area contributed by atoms with E-state index in [0.29, 0.717) is 22.0 Å². The highest BCUT2D eigenvalue weighted by molar-refractivity contribution is 6.31. The number of aryl methyl sites for hydroxylation is 1. The van der Waals surface area contributed by atoms with Gasteiger partial charge in [0, 0.05) is 10.7 Å². The Morgan fingerprint density at radius 2 is 2.18 bits per heavy atom. The third-order valence-electron chi connectivity index (χ3n) is 2.89. The summed E-state index contributed by atoms with van der Waals surface area (Å²) in [6.07, 6.45) is 1.28. The van der Waals surface area contributed by atoms with Crippen LogP contribution in [0.4, 0.5) is 5.69 Å². The van der Waals surface area contributed by atoms with Crippen LogP contribution in [0.25, 0.3) is 0 Å². The molecule has 0 heterocycles. The lowest BCUT2D eigenvalue weighted by Gasteiger charge is -2.09. The number of rotatable bonds is 5. The number of ether oxygens (including phenoxy) is 1. The van der Waals surface area contributed by atoms with Gasteiger partial charge in [-0.1, -0.05) is 35.0 Å². The SMILES string of the molecule is Cc1ccc(NC(=O)COc2cccc(/C=N/O)c2)cc1Cl. The average Bonchev–Trinajstić information content (AvgIpc) is 2.50. The number of amides is 1. The minimum atomic E-state index is -0.291. The maximum absolute atomic E-state index is 11.8. The molecule has 2 aromatic rings. The molecule has 2 N–H and O–H groups in total. The van der Waals surface area contributed by atoms with E-state index in [0.717, 1.165) is 5.56 Å². The van der Waals surface area contributed by atoms with E-state index >= 15 is 0 Å². The molecule has 2 aromatic carbocycles. The van der Waals surface area contributed by atoms with E-state index in [1.165, 1.54) is 6.21 Å². The molecule has 0 aliphatic carbocycles. The summed E-state index contributed by atoms with van der Waals surface area (Å²) in [5.41, 5.74) is 2.23. The molecular formula is C16H15ClN2O3. The zero-order valence-corrected chi connectivity index (χ0v) is 12.7. The Balaban J connectivity index is 1.92. The van der Waals surface area contributed by atoms with E-state index in [2.05, 4.69) is 10.5 Å². The molecule has 0 bridgehead atoms. The number of nitrogens with one attached hydrogen (secondary N) is 1. The zero-order chi connectivity index (χ0) is 15.9. The first-order chi connectivity index (χ1) is 10.6. The maximum atomic E-state index is 11.8. The number of nitrogens with zero attached hydrogens (tertiary/aromatic N) is 1. The predicted octanol–water partition coefficient (Wildman–Crippen LogP) is 3.47. The van der Waals surface area contributed by atoms with Crippen molar-refractivity contribution in [3.05, 3.63) is 58.6 Å². The van der Waals surface area contributed by atoms with Gasteiger partial charge < -0.3 is 15.3 Å². The second-order valence-electron chi connectivity index (χ2n) is 4.62. The molecule has 0 fully saturated rings. The van der Waals surface area contributed by atoms with E-state index in [-0.39, 0.29) is 12.5 Å². The van der Waals surface area contributed by atoms with Gasteiger partial charge in [0.05, 0.1) is 6.21 Å². The molecule has 0 aliphatic heterocycles. The Hall–Kier alpha value is -2.53. The summed E-state index contributed by atoms with van der Waals surface area (Å²) < 4.78 is 5.39. The summed E-state index contributed by atoms with van der Waals surface area (Å²) in [6.45, 7) is 1.75. The highest BCUT2D eigenvalue weighted by Crippen LogP contribution is 2.20. The van der Waals surface area contributed by atoms with Crippen LogP contribution >= 0.6 is 11.6 Å². The average molecular weight is 319 g/mol. The van der Waals surface area contributed by atoms with Crippen LogP contribution in [0.2, 0.25) is 5.02 Å². The smallest absolute Gasteiger partial charge is 0.262 e. The fourth-order valence-electron chi connectivity index (χ4n) is 1.77. The number of carbonyl (C=O) groups excluding carboxylic acids is 1. The van der Waals surface area contributed by atoms with Gasteiger partial charge in [0.15, 0.2) is 6.61 Å². The number of halogens is 1. The van der Waals surface area contributed by atoms with Crippen LogP contribution in [0, 0.1) is 6.92 Å². The van der Waals surface area contributed by atoms with Crippen LogP contribution in [-0.2, 0) is 4.79 Å². The highest BCUT2D eigenvalue weighted by atomic mass is 35.5. The monoisotopic (exact) mass is 318 g/mol. The first kappa shape index (κ1) is 15.9. The van der Waals surface area contributed by atoms with Gasteiger partial charge in [0.25, 0.3) is 5.91 Å². The summed E-state index contributed by atoms with van der Waals surface area (Å²) in [6, 6.07) is 12.2. The second-order valence-corrected chi connectivity index (χ2v) is 5.03. The molecule has 0 unspecified atom stereocenters. The van der Waals surface area contributed by atoms with Gasteiger partial charge in [-0.15, -0.1) is 0 Å². The topological polar surface area (TPSA) is 70.9 Å². The molecule has 2 rings (SSSR count). The Labute approximate surface area is 133 Å². The summed E-state index contributed by atoms with van der Waals surface area (Å²) in [5.74, 6) is 0.218. The van der Waals surface area contributed by atoms with Crippen molar-refractivity contribution in [3.8, 4) is 5.75 Å². The number of anilines is 1. The zero-order valence-electron chi connectivity index (χ0n) is 11.9. The Morgan fingerprint density at radius 1 is 1.36 bits per heavy atom. The van der Waals surface area contributed by atoms with Crippen molar-refractivity contribution >= 4 is 29.4 Å². The fraction of sp³-hybridized carbons (Fsp3) is 0.125. The van der Waals surface area contributed by atoms with E-state index in [4.69, 9.17) is 21.5 Å². The van der Waals surface area contributed by atoms with Crippen molar-refractivity contribution in [2.24, 2.45) is 5.16 Å². The molecule has 0 saturated heterocycles. The third kappa shape index (κ3) is 4.49. The molecule has 0 aromatic heterocycles. The standard InChI is InChI=1S/C16H15ClN2O3/c1-11-5-6-13(8-15(11)17)19-16(20)10-22-14-4-2-3-12(7-14)9-18-21/h2-9,21H,10H2,1H3,(H,19,20)/b18-9+. The molecule has 0 aliphatic rings. The normalized spacial score (nSPS) is 10.6. The number of benzene rings is 2. The minimum absolute atomic E-state index is 0.134. The Kier molecular flexibility index (Phi) is 5.38. The lowest BCUT2D eigenvalue weighted by Crippen LogP contribution is -2.20. The molecule has 0 saturated carbocycles. The Morgan fingerprint density at radius 3 is 2.91 bits per heavy atom. The van der Waals surface area contributed by atoms with Crippen molar-refractivity contribution in [1.29, 1.82) is 0 Å².